The van der Waals surface area contributed by atoms with E-state index in [2.05, 4.69) is 9.97 Å². The quantitative estimate of drug-likeness (QED) is 0.332. The van der Waals surface area contributed by atoms with E-state index in [0.29, 0.717) is 28.6 Å². The fourth-order valence-corrected chi connectivity index (χ4v) is 4.67. The molecular formula is C24H19F6N3O4S. The Hall–Kier alpha value is -3.65. The van der Waals surface area contributed by atoms with E-state index >= 15 is 0 Å². The number of nitrogens with zero attached hydrogens (tertiary/aromatic N) is 3. The highest BCUT2D eigenvalue weighted by Gasteiger charge is 2.71. The number of alkyl halides is 6. The highest BCUT2D eigenvalue weighted by Crippen LogP contribution is 2.50. The average molecular weight is 559 g/mol. The molecule has 0 atom stereocenters. The van der Waals surface area contributed by atoms with Crippen LogP contribution in [0.15, 0.2) is 46.6 Å². The molecule has 0 saturated carbocycles. The van der Waals surface area contributed by atoms with E-state index in [1.807, 2.05) is 0 Å². The first-order valence-electron chi connectivity index (χ1n) is 10.8. The minimum atomic E-state index is -6.04. The number of thiazole rings is 1. The summed E-state index contributed by atoms with van der Waals surface area (Å²) >= 11 is 1.29. The Morgan fingerprint density at radius 3 is 2.03 bits per heavy atom. The molecule has 38 heavy (non-hydrogen) atoms. The molecule has 1 N–H and O–H groups in total. The number of aliphatic hydroxyl groups is 1. The third kappa shape index (κ3) is 4.58. The number of ether oxygens (including phenoxy) is 2. The van der Waals surface area contributed by atoms with Gasteiger partial charge in [-0.2, -0.15) is 26.3 Å². The Kier molecular flexibility index (Phi) is 6.91. The first-order valence-corrected chi connectivity index (χ1v) is 11.6. The van der Waals surface area contributed by atoms with Crippen molar-refractivity contribution in [1.82, 2.24) is 14.5 Å². The standard InChI is InChI=1S/C24H19F6N3O4S/c1-12-11-38-20(31-12)10-19-32-16-9-18(37-3)17(36-2)8-15(16)21(34)33(19)14-6-4-13(5-7-14)22(35,23(25,26)27)24(28,29)30/h4-9,11,35H,10H2,1-3H3. The van der Waals surface area contributed by atoms with Crippen molar-refractivity contribution in [3.8, 4) is 17.2 Å². The third-order valence-electron chi connectivity index (χ3n) is 5.78. The lowest BCUT2D eigenvalue weighted by molar-refractivity contribution is -0.376. The van der Waals surface area contributed by atoms with Gasteiger partial charge < -0.3 is 14.6 Å². The number of aromatic nitrogens is 3. The van der Waals surface area contributed by atoms with Gasteiger partial charge in [-0.3, -0.25) is 9.36 Å². The molecule has 4 aromatic rings. The van der Waals surface area contributed by atoms with Gasteiger partial charge in [0.15, 0.2) is 11.5 Å². The van der Waals surface area contributed by atoms with Gasteiger partial charge in [0.25, 0.3) is 11.2 Å². The summed E-state index contributed by atoms with van der Waals surface area (Å²) in [5.74, 6) is 0.631. The minimum absolute atomic E-state index is 0.0365. The number of methoxy groups -OCH3 is 2. The van der Waals surface area contributed by atoms with Crippen molar-refractivity contribution in [3.63, 3.8) is 0 Å². The van der Waals surface area contributed by atoms with Crippen molar-refractivity contribution in [3.05, 3.63) is 74.2 Å². The molecule has 0 amide bonds. The van der Waals surface area contributed by atoms with Crippen LogP contribution in [0, 0.1) is 6.92 Å². The summed E-state index contributed by atoms with van der Waals surface area (Å²) in [6.07, 6.45) is -12.1. The fraction of sp³-hybridized carbons (Fsp3) is 0.292. The lowest BCUT2D eigenvalue weighted by atomic mass is 9.92. The second-order valence-electron chi connectivity index (χ2n) is 8.21. The average Bonchev–Trinajstić information content (AvgIpc) is 3.26. The van der Waals surface area contributed by atoms with Gasteiger partial charge in [-0.05, 0) is 25.1 Å². The molecule has 2 aromatic heterocycles. The van der Waals surface area contributed by atoms with E-state index in [9.17, 15) is 36.2 Å². The van der Waals surface area contributed by atoms with Crippen LogP contribution in [0.25, 0.3) is 16.6 Å². The van der Waals surface area contributed by atoms with Crippen molar-refractivity contribution in [2.75, 3.05) is 14.2 Å². The van der Waals surface area contributed by atoms with Gasteiger partial charge in [-0.15, -0.1) is 11.3 Å². The van der Waals surface area contributed by atoms with E-state index in [4.69, 9.17) is 9.47 Å². The SMILES string of the molecule is COc1cc2nc(Cc3nc(C)cs3)n(-c3ccc(C(O)(C(F)(F)F)C(F)(F)F)cc3)c(=O)c2cc1OC. The number of halogens is 6. The Morgan fingerprint density at radius 2 is 1.53 bits per heavy atom. The van der Waals surface area contributed by atoms with E-state index in [-0.39, 0.29) is 34.6 Å². The Balaban J connectivity index is 1.95. The van der Waals surface area contributed by atoms with Gasteiger partial charge in [0.2, 0.25) is 0 Å². The summed E-state index contributed by atoms with van der Waals surface area (Å²) in [6, 6.07) is 5.55. The van der Waals surface area contributed by atoms with Crippen LogP contribution in [0.2, 0.25) is 0 Å². The molecule has 0 saturated heterocycles. The van der Waals surface area contributed by atoms with E-state index < -0.39 is 29.1 Å². The number of rotatable bonds is 6. The largest absolute Gasteiger partial charge is 0.493 e. The molecule has 14 heteroatoms. The van der Waals surface area contributed by atoms with E-state index in [1.54, 1.807) is 12.3 Å². The van der Waals surface area contributed by atoms with E-state index in [1.165, 1.54) is 37.7 Å². The smallest absolute Gasteiger partial charge is 0.430 e. The van der Waals surface area contributed by atoms with Crippen molar-refractivity contribution in [1.29, 1.82) is 0 Å². The van der Waals surface area contributed by atoms with Crippen LogP contribution >= 0.6 is 11.3 Å². The van der Waals surface area contributed by atoms with Crippen molar-refractivity contribution >= 4 is 22.2 Å². The lowest BCUT2D eigenvalue weighted by Crippen LogP contribution is -2.53. The highest BCUT2D eigenvalue weighted by atomic mass is 32.1. The zero-order chi connectivity index (χ0) is 28.0. The molecule has 0 fully saturated rings. The zero-order valence-electron chi connectivity index (χ0n) is 19.9. The number of benzene rings is 2. The molecule has 7 nitrogen and oxygen atoms in total. The molecule has 0 radical (unpaired) electrons. The minimum Gasteiger partial charge on any atom is -0.493 e. The molecule has 0 aliphatic rings. The molecular weight excluding hydrogens is 540 g/mol. The van der Waals surface area contributed by atoms with Crippen LogP contribution in [0.5, 0.6) is 11.5 Å². The Morgan fingerprint density at radius 1 is 0.947 bits per heavy atom. The fourth-order valence-electron chi connectivity index (χ4n) is 3.90. The molecule has 0 spiro atoms. The second kappa shape index (κ2) is 9.58. The number of aryl methyl sites for hydroxylation is 1. The van der Waals surface area contributed by atoms with Crippen LogP contribution in [-0.2, 0) is 12.0 Å². The summed E-state index contributed by atoms with van der Waals surface area (Å²) < 4.78 is 91.5. The van der Waals surface area contributed by atoms with Crippen molar-refractivity contribution < 1.29 is 40.9 Å². The van der Waals surface area contributed by atoms with Gasteiger partial charge in [-0.25, -0.2) is 9.97 Å². The highest BCUT2D eigenvalue weighted by molar-refractivity contribution is 7.09. The molecule has 202 valence electrons. The summed E-state index contributed by atoms with van der Waals surface area (Å²) in [6.45, 7) is 1.76. The third-order valence-corrected chi connectivity index (χ3v) is 6.75. The maximum absolute atomic E-state index is 13.6. The summed E-state index contributed by atoms with van der Waals surface area (Å²) in [5.41, 5.74) is -6.34. The molecule has 0 aliphatic carbocycles. The topological polar surface area (TPSA) is 86.5 Å². The molecule has 0 unspecified atom stereocenters. The monoisotopic (exact) mass is 559 g/mol. The first-order chi connectivity index (χ1) is 17.7. The van der Waals surface area contributed by atoms with Gasteiger partial charge in [0.1, 0.15) is 10.8 Å². The maximum atomic E-state index is 13.6. The van der Waals surface area contributed by atoms with Gasteiger partial charge in [0.05, 0.1) is 37.2 Å². The van der Waals surface area contributed by atoms with Crippen LogP contribution in [0.1, 0.15) is 22.1 Å². The molecule has 2 aromatic carbocycles. The molecule has 2 heterocycles. The number of hydrogen-bond donors (Lipinski definition) is 1. The maximum Gasteiger partial charge on any atom is 0.430 e. The van der Waals surface area contributed by atoms with Crippen LogP contribution in [0.4, 0.5) is 26.3 Å². The van der Waals surface area contributed by atoms with Gasteiger partial charge in [-0.1, -0.05) is 12.1 Å². The van der Waals surface area contributed by atoms with Crippen molar-refractivity contribution in [2.45, 2.75) is 31.3 Å². The predicted octanol–water partition coefficient (Wildman–Crippen LogP) is 5.07. The number of hydrogen-bond acceptors (Lipinski definition) is 7. The molecule has 0 aliphatic heterocycles. The summed E-state index contributed by atoms with van der Waals surface area (Å²) in [5, 5.41) is 12.1. The Bertz CT molecular complexity index is 1530. The molecule has 4 rings (SSSR count). The lowest BCUT2D eigenvalue weighted by Gasteiger charge is -2.32. The summed E-state index contributed by atoms with van der Waals surface area (Å²) in [7, 11) is 2.75. The Labute approximate surface area is 214 Å². The summed E-state index contributed by atoms with van der Waals surface area (Å²) in [4.78, 5) is 22.5. The predicted molar refractivity (Wildman–Crippen MR) is 126 cm³/mol. The van der Waals surface area contributed by atoms with Crippen LogP contribution < -0.4 is 15.0 Å². The van der Waals surface area contributed by atoms with E-state index in [0.717, 1.165) is 16.7 Å². The first kappa shape index (κ1) is 27.4. The molecule has 0 bridgehead atoms. The van der Waals surface area contributed by atoms with Crippen molar-refractivity contribution in [2.24, 2.45) is 0 Å². The van der Waals surface area contributed by atoms with Gasteiger partial charge >= 0.3 is 12.4 Å². The van der Waals surface area contributed by atoms with Crippen LogP contribution in [0.3, 0.4) is 0 Å². The van der Waals surface area contributed by atoms with Crippen LogP contribution in [-0.4, -0.2) is 46.2 Å². The second-order valence-corrected chi connectivity index (χ2v) is 9.15. The number of fused-ring (bicyclic) bond motifs is 1. The normalized spacial score (nSPS) is 12.7. The van der Waals surface area contributed by atoms with Gasteiger partial charge in [0, 0.05) is 22.7 Å². The zero-order valence-corrected chi connectivity index (χ0v) is 20.8.